The van der Waals surface area contributed by atoms with Crippen LogP contribution in [0.1, 0.15) is 24.5 Å². The highest BCUT2D eigenvalue weighted by Gasteiger charge is 2.25. The zero-order chi connectivity index (χ0) is 15.8. The molecule has 8 nitrogen and oxygen atoms in total. The van der Waals surface area contributed by atoms with E-state index in [0.29, 0.717) is 17.4 Å². The van der Waals surface area contributed by atoms with Crippen LogP contribution in [0.15, 0.2) is 21.3 Å². The molecule has 0 bridgehead atoms. The van der Waals surface area contributed by atoms with Crippen molar-refractivity contribution in [2.45, 2.75) is 19.4 Å². The van der Waals surface area contributed by atoms with Gasteiger partial charge in [0.05, 0.1) is 22.7 Å². The molecular formula is C15H18N6O2. The van der Waals surface area contributed by atoms with Crippen LogP contribution < -0.4 is 5.32 Å². The predicted octanol–water partition coefficient (Wildman–Crippen LogP) is 1.41. The second kappa shape index (κ2) is 5.71. The number of hydrogen-bond acceptors (Lipinski definition) is 8. The molecule has 4 rings (SSSR count). The van der Waals surface area contributed by atoms with E-state index in [9.17, 15) is 0 Å². The highest BCUT2D eigenvalue weighted by molar-refractivity contribution is 5.80. The molecule has 0 amide bonds. The lowest BCUT2D eigenvalue weighted by Crippen LogP contribution is -2.44. The maximum absolute atomic E-state index is 5.44. The molecule has 3 aromatic heterocycles. The third-order valence-corrected chi connectivity index (χ3v) is 4.24. The fourth-order valence-corrected chi connectivity index (χ4v) is 2.83. The predicted molar refractivity (Wildman–Crippen MR) is 82.7 cm³/mol. The van der Waals surface area contributed by atoms with Gasteiger partial charge in [0.2, 0.25) is 0 Å². The van der Waals surface area contributed by atoms with E-state index >= 15 is 0 Å². The zero-order valence-electron chi connectivity index (χ0n) is 13.1. The summed E-state index contributed by atoms with van der Waals surface area (Å²) in [6.07, 6.45) is 2.46. The first-order valence-electron chi connectivity index (χ1n) is 7.75. The second-order valence-corrected chi connectivity index (χ2v) is 5.72. The first kappa shape index (κ1) is 14.3. The molecule has 0 aromatic carbocycles. The van der Waals surface area contributed by atoms with Crippen LogP contribution in [-0.4, -0.2) is 51.9 Å². The Morgan fingerprint density at radius 2 is 2.26 bits per heavy atom. The van der Waals surface area contributed by atoms with Crippen LogP contribution in [0.3, 0.4) is 0 Å². The van der Waals surface area contributed by atoms with E-state index < -0.39 is 0 Å². The van der Waals surface area contributed by atoms with Gasteiger partial charge in [-0.25, -0.2) is 4.98 Å². The summed E-state index contributed by atoms with van der Waals surface area (Å²) in [4.78, 5) is 11.1. The van der Waals surface area contributed by atoms with Crippen molar-refractivity contribution in [2.75, 3.05) is 26.7 Å². The number of aryl methyl sites for hydroxylation is 1. The standard InChI is InChI=1S/C15H18N6O2/c1-3-11-10-6-9(7-17-15(10)23-19-11)14-18-13(20-22-14)12-8-16-4-5-21(12)2/h6-7,12,16H,3-5,8H2,1-2H3. The topological polar surface area (TPSA) is 93.1 Å². The normalized spacial score (nSPS) is 19.5. The van der Waals surface area contributed by atoms with Crippen LogP contribution in [0.25, 0.3) is 22.6 Å². The van der Waals surface area contributed by atoms with E-state index in [1.807, 2.05) is 13.0 Å². The van der Waals surface area contributed by atoms with E-state index in [0.717, 1.165) is 42.7 Å². The summed E-state index contributed by atoms with van der Waals surface area (Å²) in [5.41, 5.74) is 2.19. The molecule has 1 saturated heterocycles. The second-order valence-electron chi connectivity index (χ2n) is 5.72. The van der Waals surface area contributed by atoms with Crippen LogP contribution in [0.4, 0.5) is 0 Å². The average molecular weight is 314 g/mol. The maximum Gasteiger partial charge on any atom is 0.259 e. The Labute approximate surface area is 132 Å². The van der Waals surface area contributed by atoms with Crippen molar-refractivity contribution in [1.82, 2.24) is 30.5 Å². The van der Waals surface area contributed by atoms with Gasteiger partial charge >= 0.3 is 0 Å². The highest BCUT2D eigenvalue weighted by Crippen LogP contribution is 2.26. The molecule has 1 N–H and O–H groups in total. The number of piperazine rings is 1. The van der Waals surface area contributed by atoms with Crippen molar-refractivity contribution in [3.8, 4) is 11.5 Å². The Morgan fingerprint density at radius 1 is 1.35 bits per heavy atom. The third-order valence-electron chi connectivity index (χ3n) is 4.24. The van der Waals surface area contributed by atoms with Gasteiger partial charge in [-0.1, -0.05) is 17.2 Å². The van der Waals surface area contributed by atoms with Gasteiger partial charge in [-0.15, -0.1) is 0 Å². The van der Waals surface area contributed by atoms with Crippen molar-refractivity contribution in [1.29, 1.82) is 0 Å². The smallest absolute Gasteiger partial charge is 0.259 e. The van der Waals surface area contributed by atoms with Gasteiger partial charge in [0, 0.05) is 25.8 Å². The van der Waals surface area contributed by atoms with Crippen LogP contribution in [0, 0.1) is 0 Å². The maximum atomic E-state index is 5.44. The number of hydrogen-bond donors (Lipinski definition) is 1. The fourth-order valence-electron chi connectivity index (χ4n) is 2.83. The molecule has 0 aliphatic carbocycles. The van der Waals surface area contributed by atoms with Crippen molar-refractivity contribution in [2.24, 2.45) is 0 Å². The van der Waals surface area contributed by atoms with E-state index in [1.165, 1.54) is 0 Å². The lowest BCUT2D eigenvalue weighted by molar-refractivity contribution is 0.190. The summed E-state index contributed by atoms with van der Waals surface area (Å²) in [5, 5.41) is 12.4. The van der Waals surface area contributed by atoms with Gasteiger partial charge in [0.25, 0.3) is 11.6 Å². The zero-order valence-corrected chi connectivity index (χ0v) is 13.1. The number of likely N-dealkylation sites (N-methyl/N-ethyl adjacent to an activating group) is 1. The number of nitrogens with one attached hydrogen (secondary N) is 1. The SMILES string of the molecule is CCc1noc2ncc(-c3nc(C4CNCCN4C)no3)cc12. The molecule has 0 radical (unpaired) electrons. The van der Waals surface area contributed by atoms with Crippen LogP contribution in [-0.2, 0) is 6.42 Å². The van der Waals surface area contributed by atoms with Crippen molar-refractivity contribution >= 4 is 11.1 Å². The molecule has 0 spiro atoms. The minimum absolute atomic E-state index is 0.125. The van der Waals surface area contributed by atoms with E-state index in [1.54, 1.807) is 6.20 Å². The Morgan fingerprint density at radius 3 is 3.09 bits per heavy atom. The van der Waals surface area contributed by atoms with E-state index in [-0.39, 0.29) is 6.04 Å². The Hall–Kier alpha value is -2.32. The molecule has 1 aliphatic heterocycles. The van der Waals surface area contributed by atoms with Gasteiger partial charge < -0.3 is 14.4 Å². The number of nitrogens with zero attached hydrogens (tertiary/aromatic N) is 5. The van der Waals surface area contributed by atoms with Crippen LogP contribution in [0.5, 0.6) is 0 Å². The molecule has 23 heavy (non-hydrogen) atoms. The summed E-state index contributed by atoms with van der Waals surface area (Å²) in [7, 11) is 2.07. The third kappa shape index (κ3) is 2.49. The van der Waals surface area contributed by atoms with Crippen molar-refractivity contribution in [3.05, 3.63) is 23.8 Å². The Kier molecular flexibility index (Phi) is 3.55. The quantitative estimate of drug-likeness (QED) is 0.775. The van der Waals surface area contributed by atoms with Crippen molar-refractivity contribution < 1.29 is 9.05 Å². The number of pyridine rings is 1. The van der Waals surface area contributed by atoms with Crippen molar-refractivity contribution in [3.63, 3.8) is 0 Å². The Bertz CT molecular complexity index is 826. The minimum atomic E-state index is 0.125. The van der Waals surface area contributed by atoms with E-state index in [4.69, 9.17) is 9.05 Å². The molecule has 1 aliphatic rings. The minimum Gasteiger partial charge on any atom is -0.336 e. The molecule has 1 atom stereocenters. The summed E-state index contributed by atoms with van der Waals surface area (Å²) >= 11 is 0. The first-order valence-corrected chi connectivity index (χ1v) is 7.75. The van der Waals surface area contributed by atoms with Crippen LogP contribution >= 0.6 is 0 Å². The molecular weight excluding hydrogens is 296 g/mol. The largest absolute Gasteiger partial charge is 0.336 e. The van der Waals surface area contributed by atoms with Gasteiger partial charge in [-0.2, -0.15) is 4.98 Å². The molecule has 120 valence electrons. The molecule has 8 heteroatoms. The summed E-state index contributed by atoms with van der Waals surface area (Å²) in [6.45, 7) is 4.78. The summed E-state index contributed by atoms with van der Waals surface area (Å²) in [6, 6.07) is 2.07. The molecule has 3 aromatic rings. The first-order chi connectivity index (χ1) is 11.3. The monoisotopic (exact) mass is 314 g/mol. The number of rotatable bonds is 3. The summed E-state index contributed by atoms with van der Waals surface area (Å²) in [5.74, 6) is 1.16. The molecule has 0 saturated carbocycles. The van der Waals surface area contributed by atoms with Crippen LogP contribution in [0.2, 0.25) is 0 Å². The van der Waals surface area contributed by atoms with Gasteiger partial charge in [-0.3, -0.25) is 4.90 Å². The molecule has 1 unspecified atom stereocenters. The number of fused-ring (bicyclic) bond motifs is 1. The fraction of sp³-hybridized carbons (Fsp3) is 0.467. The lowest BCUT2D eigenvalue weighted by Gasteiger charge is -2.30. The summed E-state index contributed by atoms with van der Waals surface area (Å²) < 4.78 is 10.6. The molecule has 4 heterocycles. The lowest BCUT2D eigenvalue weighted by atomic mass is 10.1. The number of aromatic nitrogens is 4. The highest BCUT2D eigenvalue weighted by atomic mass is 16.5. The Balaban J connectivity index is 1.68. The van der Waals surface area contributed by atoms with Gasteiger partial charge in [0.1, 0.15) is 0 Å². The average Bonchev–Trinajstić information content (AvgIpc) is 3.21. The van der Waals surface area contributed by atoms with Gasteiger partial charge in [0.15, 0.2) is 5.82 Å². The van der Waals surface area contributed by atoms with E-state index in [2.05, 4.69) is 37.5 Å². The molecule has 1 fully saturated rings. The van der Waals surface area contributed by atoms with Gasteiger partial charge in [-0.05, 0) is 19.5 Å².